The number of benzene rings is 1. The lowest BCUT2D eigenvalue weighted by Gasteiger charge is -2.23. The highest BCUT2D eigenvalue weighted by molar-refractivity contribution is 6.34. The van der Waals surface area contributed by atoms with Gasteiger partial charge in [-0.1, -0.05) is 24.6 Å². The van der Waals surface area contributed by atoms with Crippen molar-refractivity contribution in [3.8, 4) is 0 Å². The van der Waals surface area contributed by atoms with E-state index in [1.807, 2.05) is 0 Å². The summed E-state index contributed by atoms with van der Waals surface area (Å²) in [5.74, 6) is -0.189. The number of nitrogens with one attached hydrogen (secondary N) is 1. The van der Waals surface area contributed by atoms with E-state index in [1.54, 1.807) is 18.2 Å². The standard InChI is InChI=1S/C14H20ClN3O/c1-2-18-8-4-5-10(18)9-17-14(19)13-11(15)6-3-7-12(13)16/h3,6-7,10H,2,4-5,8-9,16H2,1H3,(H,17,19). The summed E-state index contributed by atoms with van der Waals surface area (Å²) in [6, 6.07) is 5.54. The van der Waals surface area contributed by atoms with E-state index in [2.05, 4.69) is 17.1 Å². The number of anilines is 1. The largest absolute Gasteiger partial charge is 0.398 e. The molecular formula is C14H20ClN3O. The zero-order valence-electron chi connectivity index (χ0n) is 11.2. The van der Waals surface area contributed by atoms with Gasteiger partial charge in [-0.15, -0.1) is 0 Å². The number of likely N-dealkylation sites (tertiary alicyclic amines) is 1. The Kier molecular flexibility index (Phi) is 4.66. The highest BCUT2D eigenvalue weighted by Crippen LogP contribution is 2.22. The maximum Gasteiger partial charge on any atom is 0.254 e. The molecule has 1 aliphatic heterocycles. The Morgan fingerprint density at radius 3 is 3.05 bits per heavy atom. The summed E-state index contributed by atoms with van der Waals surface area (Å²) in [6.45, 7) is 4.93. The minimum atomic E-state index is -0.189. The van der Waals surface area contributed by atoms with Gasteiger partial charge >= 0.3 is 0 Å². The molecule has 1 aromatic rings. The number of halogens is 1. The van der Waals surface area contributed by atoms with Crippen LogP contribution >= 0.6 is 11.6 Å². The number of likely N-dealkylation sites (N-methyl/N-ethyl adjacent to an activating group) is 1. The van der Waals surface area contributed by atoms with Gasteiger partial charge in [-0.05, 0) is 38.1 Å². The zero-order valence-corrected chi connectivity index (χ0v) is 11.9. The third-order valence-electron chi connectivity index (χ3n) is 3.68. The number of nitrogens with zero attached hydrogens (tertiary/aromatic N) is 1. The molecule has 0 radical (unpaired) electrons. The fourth-order valence-electron chi connectivity index (χ4n) is 2.62. The Morgan fingerprint density at radius 1 is 1.58 bits per heavy atom. The van der Waals surface area contributed by atoms with Crippen molar-refractivity contribution in [2.75, 3.05) is 25.4 Å². The van der Waals surface area contributed by atoms with E-state index in [4.69, 9.17) is 17.3 Å². The summed E-state index contributed by atoms with van der Waals surface area (Å²) in [5.41, 5.74) is 6.60. The third-order valence-corrected chi connectivity index (χ3v) is 3.99. The first kappa shape index (κ1) is 14.2. The molecule has 0 bridgehead atoms. The number of carbonyl (C=O) groups is 1. The monoisotopic (exact) mass is 281 g/mol. The highest BCUT2D eigenvalue weighted by atomic mass is 35.5. The molecule has 1 heterocycles. The highest BCUT2D eigenvalue weighted by Gasteiger charge is 2.24. The Hall–Kier alpha value is -1.26. The van der Waals surface area contributed by atoms with Crippen molar-refractivity contribution in [3.63, 3.8) is 0 Å². The van der Waals surface area contributed by atoms with Gasteiger partial charge in [0.25, 0.3) is 5.91 Å². The average molecular weight is 282 g/mol. The smallest absolute Gasteiger partial charge is 0.254 e. The van der Waals surface area contributed by atoms with Crippen LogP contribution in [0.25, 0.3) is 0 Å². The molecule has 104 valence electrons. The number of amides is 1. The van der Waals surface area contributed by atoms with Gasteiger partial charge in [0, 0.05) is 18.3 Å². The van der Waals surface area contributed by atoms with Gasteiger partial charge in [0.05, 0.1) is 10.6 Å². The topological polar surface area (TPSA) is 58.4 Å². The predicted molar refractivity (Wildman–Crippen MR) is 78.5 cm³/mol. The lowest BCUT2D eigenvalue weighted by atomic mass is 10.1. The van der Waals surface area contributed by atoms with Crippen LogP contribution in [0.2, 0.25) is 5.02 Å². The van der Waals surface area contributed by atoms with Gasteiger partial charge in [-0.25, -0.2) is 0 Å². The molecule has 1 atom stereocenters. The molecule has 1 aromatic carbocycles. The second kappa shape index (κ2) is 6.26. The third kappa shape index (κ3) is 3.19. The molecule has 1 fully saturated rings. The number of rotatable bonds is 4. The molecule has 1 aliphatic rings. The molecule has 0 spiro atoms. The molecule has 0 aliphatic carbocycles. The van der Waals surface area contributed by atoms with E-state index in [0.29, 0.717) is 28.9 Å². The molecule has 4 nitrogen and oxygen atoms in total. The second-order valence-electron chi connectivity index (χ2n) is 4.84. The summed E-state index contributed by atoms with van der Waals surface area (Å²) in [7, 11) is 0. The van der Waals surface area contributed by atoms with E-state index < -0.39 is 0 Å². The first-order chi connectivity index (χ1) is 9.13. The van der Waals surface area contributed by atoms with Gasteiger partial charge in [0.15, 0.2) is 0 Å². The fraction of sp³-hybridized carbons (Fsp3) is 0.500. The van der Waals surface area contributed by atoms with Gasteiger partial charge in [-0.3, -0.25) is 9.69 Å². The van der Waals surface area contributed by atoms with Crippen LogP contribution in [0.5, 0.6) is 0 Å². The first-order valence-corrected chi connectivity index (χ1v) is 7.07. The number of hydrogen-bond acceptors (Lipinski definition) is 3. The van der Waals surface area contributed by atoms with Crippen molar-refractivity contribution in [3.05, 3.63) is 28.8 Å². The fourth-order valence-corrected chi connectivity index (χ4v) is 2.89. The summed E-state index contributed by atoms with van der Waals surface area (Å²) < 4.78 is 0. The molecule has 5 heteroatoms. The maximum absolute atomic E-state index is 12.1. The Balaban J connectivity index is 1.98. The molecule has 0 aromatic heterocycles. The van der Waals surface area contributed by atoms with Crippen molar-refractivity contribution in [1.82, 2.24) is 10.2 Å². The van der Waals surface area contributed by atoms with Crippen LogP contribution in [0.1, 0.15) is 30.1 Å². The summed E-state index contributed by atoms with van der Waals surface area (Å²) in [6.07, 6.45) is 2.33. The van der Waals surface area contributed by atoms with E-state index in [0.717, 1.165) is 19.5 Å². The number of carbonyl (C=O) groups excluding carboxylic acids is 1. The Morgan fingerprint density at radius 2 is 2.37 bits per heavy atom. The number of nitrogens with two attached hydrogens (primary N) is 1. The van der Waals surface area contributed by atoms with Crippen LogP contribution in [0.4, 0.5) is 5.69 Å². The molecule has 19 heavy (non-hydrogen) atoms. The van der Waals surface area contributed by atoms with Crippen molar-refractivity contribution >= 4 is 23.2 Å². The van der Waals surface area contributed by atoms with Gasteiger partial charge in [0.2, 0.25) is 0 Å². The van der Waals surface area contributed by atoms with Gasteiger partial charge in [0.1, 0.15) is 0 Å². The van der Waals surface area contributed by atoms with E-state index >= 15 is 0 Å². The minimum Gasteiger partial charge on any atom is -0.398 e. The normalized spacial score (nSPS) is 19.6. The van der Waals surface area contributed by atoms with E-state index in [-0.39, 0.29) is 5.91 Å². The number of hydrogen-bond donors (Lipinski definition) is 2. The van der Waals surface area contributed by atoms with Crippen LogP contribution in [-0.2, 0) is 0 Å². The van der Waals surface area contributed by atoms with Crippen molar-refractivity contribution in [2.24, 2.45) is 0 Å². The van der Waals surface area contributed by atoms with Gasteiger partial charge < -0.3 is 11.1 Å². The zero-order chi connectivity index (χ0) is 13.8. The van der Waals surface area contributed by atoms with Crippen LogP contribution in [-0.4, -0.2) is 36.5 Å². The van der Waals surface area contributed by atoms with Crippen LogP contribution in [0, 0.1) is 0 Å². The molecule has 0 saturated carbocycles. The SMILES string of the molecule is CCN1CCCC1CNC(=O)c1c(N)cccc1Cl. The molecule has 1 unspecified atom stereocenters. The Bertz CT molecular complexity index is 444. The van der Waals surface area contributed by atoms with E-state index in [1.165, 1.54) is 6.42 Å². The van der Waals surface area contributed by atoms with Crippen LogP contribution in [0.3, 0.4) is 0 Å². The van der Waals surface area contributed by atoms with Crippen molar-refractivity contribution in [1.29, 1.82) is 0 Å². The lowest BCUT2D eigenvalue weighted by Crippen LogP contribution is -2.40. The molecule has 1 saturated heterocycles. The summed E-state index contributed by atoms with van der Waals surface area (Å²) >= 11 is 6.02. The quantitative estimate of drug-likeness (QED) is 0.832. The summed E-state index contributed by atoms with van der Waals surface area (Å²) in [4.78, 5) is 14.5. The van der Waals surface area contributed by atoms with Crippen LogP contribution in [0.15, 0.2) is 18.2 Å². The minimum absolute atomic E-state index is 0.189. The summed E-state index contributed by atoms with van der Waals surface area (Å²) in [5, 5.41) is 3.34. The average Bonchev–Trinajstić information content (AvgIpc) is 2.83. The molecular weight excluding hydrogens is 262 g/mol. The van der Waals surface area contributed by atoms with Crippen molar-refractivity contribution < 1.29 is 4.79 Å². The van der Waals surface area contributed by atoms with E-state index in [9.17, 15) is 4.79 Å². The predicted octanol–water partition coefficient (Wildman–Crippen LogP) is 2.14. The lowest BCUT2D eigenvalue weighted by molar-refractivity contribution is 0.0942. The maximum atomic E-state index is 12.1. The molecule has 2 rings (SSSR count). The van der Waals surface area contributed by atoms with Gasteiger partial charge in [-0.2, -0.15) is 0 Å². The molecule has 3 N–H and O–H groups in total. The van der Waals surface area contributed by atoms with Crippen LogP contribution < -0.4 is 11.1 Å². The molecule has 1 amide bonds. The van der Waals surface area contributed by atoms with Crippen molar-refractivity contribution in [2.45, 2.75) is 25.8 Å². The Labute approximate surface area is 118 Å². The first-order valence-electron chi connectivity index (χ1n) is 6.69. The second-order valence-corrected chi connectivity index (χ2v) is 5.25. The number of nitrogen functional groups attached to an aromatic ring is 1.